The van der Waals surface area contributed by atoms with Crippen molar-refractivity contribution in [2.75, 3.05) is 32.8 Å². The number of para-hydroxylation sites is 1. The first-order valence-corrected chi connectivity index (χ1v) is 10.3. The molecule has 0 spiro atoms. The molecule has 0 radical (unpaired) electrons. The second-order valence-electron chi connectivity index (χ2n) is 7.70. The van der Waals surface area contributed by atoms with Crippen LogP contribution in [-0.2, 0) is 20.9 Å². The summed E-state index contributed by atoms with van der Waals surface area (Å²) in [6.07, 6.45) is 0.362. The van der Waals surface area contributed by atoms with Crippen molar-refractivity contribution in [2.24, 2.45) is 0 Å². The maximum absolute atomic E-state index is 13.5. The Hall–Kier alpha value is -3.42. The topological polar surface area (TPSA) is 70.2 Å². The van der Waals surface area contributed by atoms with E-state index in [2.05, 4.69) is 0 Å². The standard InChI is InChI=1S/C23H24FN3O4/c24-18-6-4-5-17(13-18)14-26-15-21(28)27-12-11-25(10-9-20(27)23(26)30)22(29)16-31-19-7-2-1-3-8-19/h1-8,13,20H,9-12,14-16H2. The van der Waals surface area contributed by atoms with E-state index in [9.17, 15) is 18.8 Å². The minimum absolute atomic E-state index is 0.0447. The molecule has 2 aliphatic rings. The van der Waals surface area contributed by atoms with Crippen molar-refractivity contribution in [1.29, 1.82) is 0 Å². The molecule has 0 aromatic heterocycles. The number of benzene rings is 2. The van der Waals surface area contributed by atoms with E-state index < -0.39 is 6.04 Å². The van der Waals surface area contributed by atoms with Gasteiger partial charge in [0.2, 0.25) is 11.8 Å². The normalized spacial score (nSPS) is 19.1. The molecule has 1 atom stereocenters. The summed E-state index contributed by atoms with van der Waals surface area (Å²) < 4.78 is 19.0. The van der Waals surface area contributed by atoms with E-state index in [4.69, 9.17) is 4.74 Å². The van der Waals surface area contributed by atoms with Crippen molar-refractivity contribution in [3.8, 4) is 5.75 Å². The number of nitrogens with zero attached hydrogens (tertiary/aromatic N) is 3. The lowest BCUT2D eigenvalue weighted by molar-refractivity contribution is -0.156. The van der Waals surface area contributed by atoms with Crippen LogP contribution in [0.1, 0.15) is 12.0 Å². The number of ether oxygens (including phenoxy) is 1. The summed E-state index contributed by atoms with van der Waals surface area (Å²) in [5.41, 5.74) is 0.637. The van der Waals surface area contributed by atoms with Gasteiger partial charge in [-0.2, -0.15) is 0 Å². The molecule has 0 aliphatic carbocycles. The van der Waals surface area contributed by atoms with Crippen molar-refractivity contribution in [3.05, 3.63) is 66.0 Å². The van der Waals surface area contributed by atoms with Crippen LogP contribution in [-0.4, -0.2) is 71.2 Å². The van der Waals surface area contributed by atoms with Gasteiger partial charge in [0, 0.05) is 26.2 Å². The van der Waals surface area contributed by atoms with E-state index >= 15 is 0 Å². The van der Waals surface area contributed by atoms with E-state index in [-0.39, 0.29) is 43.2 Å². The highest BCUT2D eigenvalue weighted by molar-refractivity contribution is 5.95. The van der Waals surface area contributed by atoms with Gasteiger partial charge < -0.3 is 19.4 Å². The summed E-state index contributed by atoms with van der Waals surface area (Å²) in [7, 11) is 0. The highest BCUT2D eigenvalue weighted by atomic mass is 19.1. The molecule has 0 N–H and O–H groups in total. The Morgan fingerprint density at radius 1 is 1.03 bits per heavy atom. The van der Waals surface area contributed by atoms with Crippen LogP contribution in [0.2, 0.25) is 0 Å². The van der Waals surface area contributed by atoms with E-state index in [0.29, 0.717) is 37.4 Å². The summed E-state index contributed by atoms with van der Waals surface area (Å²) in [5.74, 6) is -0.271. The first-order chi connectivity index (χ1) is 15.0. The fourth-order valence-corrected chi connectivity index (χ4v) is 4.02. The zero-order valence-electron chi connectivity index (χ0n) is 17.1. The van der Waals surface area contributed by atoms with Gasteiger partial charge in [0.05, 0.1) is 0 Å². The van der Waals surface area contributed by atoms with Crippen molar-refractivity contribution in [1.82, 2.24) is 14.7 Å². The fraction of sp³-hybridized carbons (Fsp3) is 0.348. The monoisotopic (exact) mass is 425 g/mol. The minimum atomic E-state index is -0.609. The van der Waals surface area contributed by atoms with Crippen molar-refractivity contribution in [2.45, 2.75) is 19.0 Å². The average Bonchev–Trinajstić information content (AvgIpc) is 3.00. The summed E-state index contributed by atoms with van der Waals surface area (Å²) in [6.45, 7) is 1.07. The zero-order chi connectivity index (χ0) is 21.8. The smallest absolute Gasteiger partial charge is 0.260 e. The molecule has 1 unspecified atom stereocenters. The van der Waals surface area contributed by atoms with Crippen LogP contribution in [0.15, 0.2) is 54.6 Å². The fourth-order valence-electron chi connectivity index (χ4n) is 4.02. The lowest BCUT2D eigenvalue weighted by Crippen LogP contribution is -2.59. The predicted octanol–water partition coefficient (Wildman–Crippen LogP) is 1.68. The number of hydrogen-bond donors (Lipinski definition) is 0. The van der Waals surface area contributed by atoms with Gasteiger partial charge in [-0.3, -0.25) is 14.4 Å². The molecule has 2 saturated heterocycles. The van der Waals surface area contributed by atoms with Crippen LogP contribution in [0.5, 0.6) is 5.75 Å². The van der Waals surface area contributed by atoms with Crippen LogP contribution in [0, 0.1) is 5.82 Å². The van der Waals surface area contributed by atoms with E-state index in [0.717, 1.165) is 0 Å². The van der Waals surface area contributed by atoms with E-state index in [1.807, 2.05) is 18.2 Å². The third kappa shape index (κ3) is 4.84. The third-order valence-corrected chi connectivity index (χ3v) is 5.62. The first kappa shape index (κ1) is 20.8. The Morgan fingerprint density at radius 3 is 2.61 bits per heavy atom. The van der Waals surface area contributed by atoms with Gasteiger partial charge in [0.25, 0.3) is 5.91 Å². The zero-order valence-corrected chi connectivity index (χ0v) is 17.1. The molecular weight excluding hydrogens is 401 g/mol. The highest BCUT2D eigenvalue weighted by Gasteiger charge is 2.41. The number of carbonyl (C=O) groups is 3. The van der Waals surface area contributed by atoms with E-state index in [1.165, 1.54) is 17.0 Å². The molecule has 0 bridgehead atoms. The molecule has 2 aromatic carbocycles. The number of piperazine rings is 1. The van der Waals surface area contributed by atoms with Gasteiger partial charge in [-0.1, -0.05) is 30.3 Å². The lowest BCUT2D eigenvalue weighted by atomic mass is 10.1. The Labute approximate surface area is 180 Å². The summed E-state index contributed by atoms with van der Waals surface area (Å²) >= 11 is 0. The van der Waals surface area contributed by atoms with Crippen molar-refractivity contribution >= 4 is 17.7 Å². The number of rotatable bonds is 5. The lowest BCUT2D eigenvalue weighted by Gasteiger charge is -2.39. The van der Waals surface area contributed by atoms with Crippen LogP contribution in [0.25, 0.3) is 0 Å². The molecule has 2 heterocycles. The Kier molecular flexibility index (Phi) is 6.16. The Morgan fingerprint density at radius 2 is 1.84 bits per heavy atom. The molecule has 8 heteroatoms. The molecule has 0 saturated carbocycles. The largest absolute Gasteiger partial charge is 0.484 e. The molecule has 4 rings (SSSR count). The van der Waals surface area contributed by atoms with Crippen molar-refractivity contribution in [3.63, 3.8) is 0 Å². The Bertz CT molecular complexity index is 968. The third-order valence-electron chi connectivity index (χ3n) is 5.62. The number of halogens is 1. The summed E-state index contributed by atoms with van der Waals surface area (Å²) in [4.78, 5) is 43.0. The second-order valence-corrected chi connectivity index (χ2v) is 7.70. The summed E-state index contributed by atoms with van der Waals surface area (Å²) in [6, 6.07) is 14.5. The SMILES string of the molecule is O=C(COc1ccccc1)N1CCC2C(=O)N(Cc3cccc(F)c3)CC(=O)N2CC1. The maximum atomic E-state index is 13.5. The number of fused-ring (bicyclic) bond motifs is 1. The van der Waals surface area contributed by atoms with Crippen LogP contribution < -0.4 is 4.74 Å². The molecule has 2 fully saturated rings. The van der Waals surface area contributed by atoms with Gasteiger partial charge in [0.1, 0.15) is 24.2 Å². The first-order valence-electron chi connectivity index (χ1n) is 10.3. The van der Waals surface area contributed by atoms with Crippen LogP contribution in [0.4, 0.5) is 4.39 Å². The Balaban J connectivity index is 1.38. The maximum Gasteiger partial charge on any atom is 0.260 e. The highest BCUT2D eigenvalue weighted by Crippen LogP contribution is 2.21. The van der Waals surface area contributed by atoms with Gasteiger partial charge in [-0.15, -0.1) is 0 Å². The van der Waals surface area contributed by atoms with Crippen LogP contribution in [0.3, 0.4) is 0 Å². The summed E-state index contributed by atoms with van der Waals surface area (Å²) in [5, 5.41) is 0. The quantitative estimate of drug-likeness (QED) is 0.731. The average molecular weight is 425 g/mol. The molecule has 2 aromatic rings. The molecular formula is C23H24FN3O4. The van der Waals surface area contributed by atoms with E-state index in [1.54, 1.807) is 34.1 Å². The van der Waals surface area contributed by atoms with Crippen LogP contribution >= 0.6 is 0 Å². The predicted molar refractivity (Wildman–Crippen MR) is 110 cm³/mol. The molecule has 3 amide bonds. The van der Waals surface area contributed by atoms with Gasteiger partial charge in [-0.05, 0) is 36.2 Å². The molecule has 2 aliphatic heterocycles. The van der Waals surface area contributed by atoms with Gasteiger partial charge in [0.15, 0.2) is 6.61 Å². The number of amides is 3. The molecule has 162 valence electrons. The number of hydrogen-bond acceptors (Lipinski definition) is 4. The van der Waals surface area contributed by atoms with Gasteiger partial charge in [-0.25, -0.2) is 4.39 Å². The van der Waals surface area contributed by atoms with Gasteiger partial charge >= 0.3 is 0 Å². The molecule has 31 heavy (non-hydrogen) atoms. The number of carbonyl (C=O) groups excluding carboxylic acids is 3. The minimum Gasteiger partial charge on any atom is -0.484 e. The molecule has 7 nitrogen and oxygen atoms in total. The second kappa shape index (κ2) is 9.16. The van der Waals surface area contributed by atoms with Crippen molar-refractivity contribution < 1.29 is 23.5 Å².